The standard InChI is InChI=1S/C17H23N3O5/c1-24-13-6-8-14(9-7-13)25-12-16(22)19-18-15(21)11-20-10-4-2-3-5-17(20)23/h6-9H,2-5,10-12H2,1H3,(H,18,21)(H,19,22). The molecule has 1 aromatic rings. The smallest absolute Gasteiger partial charge is 0.276 e. The first-order valence-corrected chi connectivity index (χ1v) is 8.21. The fraction of sp³-hybridized carbons (Fsp3) is 0.471. The number of likely N-dealkylation sites (tertiary alicyclic amines) is 1. The van der Waals surface area contributed by atoms with E-state index in [9.17, 15) is 14.4 Å². The molecule has 1 fully saturated rings. The Morgan fingerprint density at radius 2 is 1.72 bits per heavy atom. The number of amides is 3. The fourth-order valence-electron chi connectivity index (χ4n) is 2.41. The first kappa shape index (κ1) is 18.6. The first-order valence-electron chi connectivity index (χ1n) is 8.21. The zero-order valence-corrected chi connectivity index (χ0v) is 14.2. The van der Waals surface area contributed by atoms with Gasteiger partial charge in [0.1, 0.15) is 18.0 Å². The molecule has 0 spiro atoms. The van der Waals surface area contributed by atoms with Crippen molar-refractivity contribution in [1.29, 1.82) is 0 Å². The molecule has 8 nitrogen and oxygen atoms in total. The monoisotopic (exact) mass is 349 g/mol. The van der Waals surface area contributed by atoms with Gasteiger partial charge < -0.3 is 14.4 Å². The molecule has 1 aromatic carbocycles. The average molecular weight is 349 g/mol. The molecule has 1 aliphatic rings. The maximum atomic E-state index is 11.8. The van der Waals surface area contributed by atoms with Crippen LogP contribution in [0.15, 0.2) is 24.3 Å². The Balaban J connectivity index is 1.68. The fourth-order valence-corrected chi connectivity index (χ4v) is 2.41. The number of nitrogens with zero attached hydrogens (tertiary/aromatic N) is 1. The van der Waals surface area contributed by atoms with E-state index in [1.165, 1.54) is 4.90 Å². The normalized spacial score (nSPS) is 14.4. The van der Waals surface area contributed by atoms with E-state index in [0.29, 0.717) is 24.5 Å². The van der Waals surface area contributed by atoms with E-state index in [1.54, 1.807) is 31.4 Å². The van der Waals surface area contributed by atoms with Crippen molar-refractivity contribution in [2.75, 3.05) is 26.8 Å². The second-order valence-corrected chi connectivity index (χ2v) is 5.69. The molecule has 3 amide bonds. The zero-order valence-electron chi connectivity index (χ0n) is 14.2. The number of benzene rings is 1. The molecular formula is C17H23N3O5. The molecule has 0 saturated carbocycles. The number of rotatable bonds is 6. The molecule has 1 heterocycles. The largest absolute Gasteiger partial charge is 0.497 e. The van der Waals surface area contributed by atoms with Gasteiger partial charge in [0.25, 0.3) is 11.8 Å². The lowest BCUT2D eigenvalue weighted by molar-refractivity contribution is -0.136. The summed E-state index contributed by atoms with van der Waals surface area (Å²) in [6.07, 6.45) is 3.20. The van der Waals surface area contributed by atoms with Gasteiger partial charge in [0.2, 0.25) is 5.91 Å². The van der Waals surface area contributed by atoms with Crippen LogP contribution < -0.4 is 20.3 Å². The predicted octanol–water partition coefficient (Wildman–Crippen LogP) is 0.624. The predicted molar refractivity (Wildman–Crippen MR) is 89.8 cm³/mol. The Morgan fingerprint density at radius 1 is 1.04 bits per heavy atom. The number of ether oxygens (including phenoxy) is 2. The van der Waals surface area contributed by atoms with Gasteiger partial charge in [-0.15, -0.1) is 0 Å². The van der Waals surface area contributed by atoms with Crippen molar-refractivity contribution in [3.63, 3.8) is 0 Å². The van der Waals surface area contributed by atoms with Crippen LogP contribution in [0.2, 0.25) is 0 Å². The molecule has 0 aliphatic carbocycles. The van der Waals surface area contributed by atoms with Crippen LogP contribution in [0.5, 0.6) is 11.5 Å². The third-order valence-corrected chi connectivity index (χ3v) is 3.78. The van der Waals surface area contributed by atoms with Crippen LogP contribution in [0.1, 0.15) is 25.7 Å². The quantitative estimate of drug-likeness (QED) is 0.734. The number of hydrogen-bond donors (Lipinski definition) is 2. The van der Waals surface area contributed by atoms with Crippen molar-refractivity contribution >= 4 is 17.7 Å². The molecule has 0 radical (unpaired) electrons. The third-order valence-electron chi connectivity index (χ3n) is 3.78. The number of carbonyl (C=O) groups excluding carboxylic acids is 3. The van der Waals surface area contributed by atoms with Gasteiger partial charge >= 0.3 is 0 Å². The van der Waals surface area contributed by atoms with Crippen LogP contribution in [-0.2, 0) is 14.4 Å². The topological polar surface area (TPSA) is 97.0 Å². The molecule has 8 heteroatoms. The number of hydrazine groups is 1. The molecule has 2 N–H and O–H groups in total. The van der Waals surface area contributed by atoms with Crippen LogP contribution in [-0.4, -0.2) is 49.4 Å². The van der Waals surface area contributed by atoms with Gasteiger partial charge in [-0.2, -0.15) is 0 Å². The van der Waals surface area contributed by atoms with Crippen LogP contribution >= 0.6 is 0 Å². The van der Waals surface area contributed by atoms with Gasteiger partial charge in [-0.1, -0.05) is 6.42 Å². The SMILES string of the molecule is COc1ccc(OCC(=O)NNC(=O)CN2CCCCCC2=O)cc1. The summed E-state index contributed by atoms with van der Waals surface area (Å²) in [7, 11) is 1.56. The van der Waals surface area contributed by atoms with Crippen molar-refractivity contribution in [2.24, 2.45) is 0 Å². The van der Waals surface area contributed by atoms with Gasteiger partial charge in [-0.3, -0.25) is 25.2 Å². The molecule has 2 rings (SSSR count). The molecule has 0 bridgehead atoms. The maximum Gasteiger partial charge on any atom is 0.276 e. The second kappa shape index (κ2) is 9.51. The van der Waals surface area contributed by atoms with Gasteiger partial charge in [-0.25, -0.2) is 0 Å². The molecule has 0 aromatic heterocycles. The minimum absolute atomic E-state index is 0.0261. The molecule has 1 saturated heterocycles. The average Bonchev–Trinajstić information content (AvgIpc) is 2.83. The van der Waals surface area contributed by atoms with Crippen LogP contribution in [0.25, 0.3) is 0 Å². The summed E-state index contributed by atoms with van der Waals surface area (Å²) in [5, 5.41) is 0. The van der Waals surface area contributed by atoms with Crippen molar-refractivity contribution in [3.8, 4) is 11.5 Å². The Morgan fingerprint density at radius 3 is 2.44 bits per heavy atom. The Hall–Kier alpha value is -2.77. The van der Waals surface area contributed by atoms with Gasteiger partial charge in [0.15, 0.2) is 6.61 Å². The third kappa shape index (κ3) is 6.33. The van der Waals surface area contributed by atoms with Crippen molar-refractivity contribution < 1.29 is 23.9 Å². The second-order valence-electron chi connectivity index (χ2n) is 5.69. The van der Waals surface area contributed by atoms with E-state index in [0.717, 1.165) is 19.3 Å². The highest BCUT2D eigenvalue weighted by atomic mass is 16.5. The molecule has 1 aliphatic heterocycles. The van der Waals surface area contributed by atoms with E-state index in [2.05, 4.69) is 10.9 Å². The Kier molecular flexibility index (Phi) is 7.06. The summed E-state index contributed by atoms with van der Waals surface area (Å²) in [6.45, 7) is 0.272. The van der Waals surface area contributed by atoms with E-state index < -0.39 is 11.8 Å². The molecule has 0 unspecified atom stereocenters. The summed E-state index contributed by atoms with van der Waals surface area (Å²) in [5.74, 6) is 0.241. The number of nitrogens with one attached hydrogen (secondary N) is 2. The molecular weight excluding hydrogens is 326 g/mol. The highest BCUT2D eigenvalue weighted by Crippen LogP contribution is 2.16. The van der Waals surface area contributed by atoms with Crippen LogP contribution in [0.3, 0.4) is 0 Å². The highest BCUT2D eigenvalue weighted by molar-refractivity contribution is 5.87. The molecule has 25 heavy (non-hydrogen) atoms. The van der Waals surface area contributed by atoms with E-state index >= 15 is 0 Å². The Labute approximate surface area is 146 Å². The summed E-state index contributed by atoms with van der Waals surface area (Å²) in [5.41, 5.74) is 4.56. The van der Waals surface area contributed by atoms with Crippen LogP contribution in [0.4, 0.5) is 0 Å². The maximum absolute atomic E-state index is 11.8. The minimum Gasteiger partial charge on any atom is -0.497 e. The van der Waals surface area contributed by atoms with Gasteiger partial charge in [-0.05, 0) is 37.1 Å². The van der Waals surface area contributed by atoms with E-state index in [-0.39, 0.29) is 19.1 Å². The van der Waals surface area contributed by atoms with Crippen LogP contribution in [0, 0.1) is 0 Å². The van der Waals surface area contributed by atoms with Crippen molar-refractivity contribution in [1.82, 2.24) is 15.8 Å². The summed E-state index contributed by atoms with van der Waals surface area (Å²) >= 11 is 0. The van der Waals surface area contributed by atoms with Gasteiger partial charge in [0, 0.05) is 13.0 Å². The lowest BCUT2D eigenvalue weighted by atomic mass is 10.2. The molecule has 136 valence electrons. The summed E-state index contributed by atoms with van der Waals surface area (Å²) < 4.78 is 10.3. The Bertz CT molecular complexity index is 603. The number of hydrogen-bond acceptors (Lipinski definition) is 5. The van der Waals surface area contributed by atoms with Crippen molar-refractivity contribution in [2.45, 2.75) is 25.7 Å². The number of methoxy groups -OCH3 is 1. The summed E-state index contributed by atoms with van der Waals surface area (Å²) in [4.78, 5) is 36.9. The molecule has 0 atom stereocenters. The van der Waals surface area contributed by atoms with Gasteiger partial charge in [0.05, 0.1) is 7.11 Å². The lowest BCUT2D eigenvalue weighted by Crippen LogP contribution is -2.48. The van der Waals surface area contributed by atoms with E-state index in [1.807, 2.05) is 0 Å². The zero-order chi connectivity index (χ0) is 18.1. The van der Waals surface area contributed by atoms with E-state index in [4.69, 9.17) is 9.47 Å². The van der Waals surface area contributed by atoms with Crippen molar-refractivity contribution in [3.05, 3.63) is 24.3 Å². The first-order chi connectivity index (χ1) is 12.1. The number of carbonyl (C=O) groups is 3. The lowest BCUT2D eigenvalue weighted by Gasteiger charge is -2.19. The summed E-state index contributed by atoms with van der Waals surface area (Å²) in [6, 6.07) is 6.78. The highest BCUT2D eigenvalue weighted by Gasteiger charge is 2.19. The minimum atomic E-state index is -0.494.